The average molecular weight is 336 g/mol. The van der Waals surface area contributed by atoms with Crippen LogP contribution in [0.2, 0.25) is 0 Å². The summed E-state index contributed by atoms with van der Waals surface area (Å²) in [7, 11) is 0. The zero-order valence-corrected chi connectivity index (χ0v) is 12.7. The summed E-state index contributed by atoms with van der Waals surface area (Å²) in [5.74, 6) is -0.393. The number of nitrogens with one attached hydrogen (secondary N) is 1. The molecule has 2 aromatic carbocycles. The van der Waals surface area contributed by atoms with Crippen molar-refractivity contribution >= 4 is 21.8 Å². The van der Waals surface area contributed by atoms with Crippen LogP contribution in [-0.4, -0.2) is 12.5 Å². The Labute approximate surface area is 126 Å². The number of carbonyl (C=O) groups excluding carboxylic acids is 1. The number of carbonyl (C=O) groups is 1. The summed E-state index contributed by atoms with van der Waals surface area (Å²) >= 11 is 3.41. The van der Waals surface area contributed by atoms with E-state index in [-0.39, 0.29) is 11.7 Å². The number of halogens is 2. The zero-order chi connectivity index (χ0) is 14.5. The average Bonchev–Trinajstić information content (AvgIpc) is 2.44. The van der Waals surface area contributed by atoms with Crippen LogP contribution in [0.25, 0.3) is 0 Å². The van der Waals surface area contributed by atoms with Gasteiger partial charge in [-0.25, -0.2) is 4.39 Å². The molecule has 2 rings (SSSR count). The lowest BCUT2D eigenvalue weighted by Gasteiger charge is -2.09. The van der Waals surface area contributed by atoms with Crippen molar-refractivity contribution < 1.29 is 9.18 Å². The van der Waals surface area contributed by atoms with Gasteiger partial charge in [0.1, 0.15) is 5.82 Å². The summed E-state index contributed by atoms with van der Waals surface area (Å²) in [5, 5.41) is 2.81. The molecule has 0 aliphatic heterocycles. The number of aryl methyl sites for hydroxylation is 1. The molecule has 2 aromatic rings. The molecular formula is C16H15BrFNO. The molecule has 2 nitrogen and oxygen atoms in total. The molecule has 20 heavy (non-hydrogen) atoms. The lowest BCUT2D eigenvalue weighted by molar-refractivity contribution is 0.0953. The van der Waals surface area contributed by atoms with Crippen LogP contribution in [0, 0.1) is 12.7 Å². The maximum absolute atomic E-state index is 13.4. The molecule has 0 aromatic heterocycles. The topological polar surface area (TPSA) is 29.1 Å². The van der Waals surface area contributed by atoms with E-state index >= 15 is 0 Å². The van der Waals surface area contributed by atoms with Crippen LogP contribution >= 0.6 is 15.9 Å². The van der Waals surface area contributed by atoms with E-state index in [4.69, 9.17) is 0 Å². The van der Waals surface area contributed by atoms with E-state index in [0.717, 1.165) is 10.0 Å². The molecule has 0 aliphatic rings. The number of rotatable bonds is 4. The highest BCUT2D eigenvalue weighted by molar-refractivity contribution is 9.10. The van der Waals surface area contributed by atoms with Crippen LogP contribution in [0.15, 0.2) is 46.9 Å². The van der Waals surface area contributed by atoms with Crippen molar-refractivity contribution in [3.8, 4) is 0 Å². The summed E-state index contributed by atoms with van der Waals surface area (Å²) in [6.45, 7) is 2.33. The Kier molecular flexibility index (Phi) is 4.90. The third kappa shape index (κ3) is 3.45. The zero-order valence-electron chi connectivity index (χ0n) is 11.1. The van der Waals surface area contributed by atoms with Gasteiger partial charge in [0.15, 0.2) is 0 Å². The largest absolute Gasteiger partial charge is 0.352 e. The number of amides is 1. The van der Waals surface area contributed by atoms with Gasteiger partial charge in [0.05, 0.1) is 5.56 Å². The van der Waals surface area contributed by atoms with E-state index in [9.17, 15) is 9.18 Å². The van der Waals surface area contributed by atoms with Crippen molar-refractivity contribution in [3.63, 3.8) is 0 Å². The van der Waals surface area contributed by atoms with Crippen LogP contribution in [0.5, 0.6) is 0 Å². The second-order valence-corrected chi connectivity index (χ2v) is 5.33. The van der Waals surface area contributed by atoms with Crippen molar-refractivity contribution in [2.24, 2.45) is 0 Å². The smallest absolute Gasteiger partial charge is 0.252 e. The van der Waals surface area contributed by atoms with Crippen molar-refractivity contribution in [3.05, 3.63) is 69.4 Å². The molecule has 0 heterocycles. The fraction of sp³-hybridized carbons (Fsp3) is 0.188. The summed E-state index contributed by atoms with van der Waals surface area (Å²) in [4.78, 5) is 12.1. The first-order chi connectivity index (χ1) is 9.59. The highest BCUT2D eigenvalue weighted by Crippen LogP contribution is 2.20. The lowest BCUT2D eigenvalue weighted by Crippen LogP contribution is -2.26. The molecule has 0 radical (unpaired) electrons. The number of hydrogen-bond donors (Lipinski definition) is 1. The number of benzene rings is 2. The monoisotopic (exact) mass is 335 g/mol. The van der Waals surface area contributed by atoms with E-state index in [1.165, 1.54) is 6.07 Å². The summed E-state index contributed by atoms with van der Waals surface area (Å²) < 4.78 is 14.2. The molecule has 0 unspecified atom stereocenters. The Morgan fingerprint density at radius 3 is 2.70 bits per heavy atom. The minimum atomic E-state index is -0.238. The molecule has 0 spiro atoms. The molecule has 4 heteroatoms. The summed E-state index contributed by atoms with van der Waals surface area (Å²) in [6, 6.07) is 12.1. The third-order valence-corrected chi connectivity index (χ3v) is 4.13. The molecule has 0 atom stereocenters. The van der Waals surface area contributed by atoms with Crippen LogP contribution in [0.1, 0.15) is 21.5 Å². The normalized spacial score (nSPS) is 10.3. The standard InChI is InChI=1S/C16H15BrFNO/c1-11-5-4-7-13(15(11)17)16(20)19-10-9-12-6-2-3-8-14(12)18/h2-8H,9-10H2,1H3,(H,19,20). The van der Waals surface area contributed by atoms with Gasteiger partial charge in [-0.1, -0.05) is 30.3 Å². The molecule has 104 valence electrons. The Bertz CT molecular complexity index is 628. The molecule has 0 bridgehead atoms. The molecule has 1 N–H and O–H groups in total. The predicted octanol–water partition coefficient (Wildman–Crippen LogP) is 3.87. The maximum atomic E-state index is 13.4. The minimum absolute atomic E-state index is 0.156. The van der Waals surface area contributed by atoms with Gasteiger partial charge in [0.25, 0.3) is 5.91 Å². The molecule has 0 saturated heterocycles. The van der Waals surface area contributed by atoms with Gasteiger partial charge in [-0.3, -0.25) is 4.79 Å². The van der Waals surface area contributed by atoms with E-state index in [1.807, 2.05) is 19.1 Å². The summed E-state index contributed by atoms with van der Waals surface area (Å²) in [5.41, 5.74) is 2.21. The van der Waals surface area contributed by atoms with E-state index in [1.54, 1.807) is 24.3 Å². The van der Waals surface area contributed by atoms with E-state index in [0.29, 0.717) is 24.1 Å². The maximum Gasteiger partial charge on any atom is 0.252 e. The molecule has 1 amide bonds. The highest BCUT2D eigenvalue weighted by Gasteiger charge is 2.10. The molecule has 0 saturated carbocycles. The highest BCUT2D eigenvalue weighted by atomic mass is 79.9. The van der Waals surface area contributed by atoms with Crippen molar-refractivity contribution in [2.45, 2.75) is 13.3 Å². The van der Waals surface area contributed by atoms with Crippen molar-refractivity contribution in [1.82, 2.24) is 5.32 Å². The van der Waals surface area contributed by atoms with Crippen LogP contribution < -0.4 is 5.32 Å². The Morgan fingerprint density at radius 2 is 1.95 bits per heavy atom. The second kappa shape index (κ2) is 6.66. The first kappa shape index (κ1) is 14.7. The Morgan fingerprint density at radius 1 is 1.20 bits per heavy atom. The van der Waals surface area contributed by atoms with Gasteiger partial charge in [-0.15, -0.1) is 0 Å². The van der Waals surface area contributed by atoms with Gasteiger partial charge in [0.2, 0.25) is 0 Å². The third-order valence-electron chi connectivity index (χ3n) is 3.07. The molecule has 0 fully saturated rings. The Balaban J connectivity index is 1.96. The van der Waals surface area contributed by atoms with Gasteiger partial charge in [-0.05, 0) is 52.5 Å². The first-order valence-corrected chi connectivity index (χ1v) is 7.15. The van der Waals surface area contributed by atoms with Gasteiger partial charge in [0, 0.05) is 11.0 Å². The molecular weight excluding hydrogens is 321 g/mol. The SMILES string of the molecule is Cc1cccc(C(=O)NCCc2ccccc2F)c1Br. The predicted molar refractivity (Wildman–Crippen MR) is 81.3 cm³/mol. The van der Waals surface area contributed by atoms with Crippen molar-refractivity contribution in [2.75, 3.05) is 6.54 Å². The fourth-order valence-electron chi connectivity index (χ4n) is 1.93. The van der Waals surface area contributed by atoms with Gasteiger partial charge < -0.3 is 5.32 Å². The van der Waals surface area contributed by atoms with Crippen LogP contribution in [0.3, 0.4) is 0 Å². The second-order valence-electron chi connectivity index (χ2n) is 4.53. The van der Waals surface area contributed by atoms with Crippen LogP contribution in [0.4, 0.5) is 4.39 Å². The summed E-state index contributed by atoms with van der Waals surface area (Å²) in [6.07, 6.45) is 0.474. The van der Waals surface area contributed by atoms with Gasteiger partial charge in [-0.2, -0.15) is 0 Å². The molecule has 0 aliphatic carbocycles. The van der Waals surface area contributed by atoms with Crippen molar-refractivity contribution in [1.29, 1.82) is 0 Å². The van der Waals surface area contributed by atoms with Gasteiger partial charge >= 0.3 is 0 Å². The lowest BCUT2D eigenvalue weighted by atomic mass is 10.1. The Hall–Kier alpha value is -1.68. The number of hydrogen-bond acceptors (Lipinski definition) is 1. The first-order valence-electron chi connectivity index (χ1n) is 6.36. The fourth-order valence-corrected chi connectivity index (χ4v) is 2.37. The quantitative estimate of drug-likeness (QED) is 0.902. The van der Waals surface area contributed by atoms with E-state index in [2.05, 4.69) is 21.2 Å². The van der Waals surface area contributed by atoms with E-state index < -0.39 is 0 Å². The minimum Gasteiger partial charge on any atom is -0.352 e. The van der Waals surface area contributed by atoms with Crippen LogP contribution in [-0.2, 0) is 6.42 Å².